The Kier molecular flexibility index (Phi) is 29.7. The zero-order valence-electron chi connectivity index (χ0n) is 80.5. The van der Waals surface area contributed by atoms with Gasteiger partial charge in [0.25, 0.3) is 0 Å². The van der Waals surface area contributed by atoms with Crippen molar-refractivity contribution < 1.29 is 37.7 Å². The standard InChI is InChI=1S/C31H31N5O2.C30H31ClN4O2.C30H31FN4O2.C25H24ClN3O/c1-38-26-10-5-9-23(18-26)30-28(21-34-14-16-35(17-15-34)31(37)22-7-4-8-22)36-20-25(12-13-29(36)33-30)27-11-3-2-6-24(27)19-32;2*1-37-24-9-5-8-22(18-24)29-27(20-33-14-16-34(17-15-33)30(36)21-6-4-7-21)35-19-23(12-13-28(35)32-29)25-10-2-3-11-26(25)31;26-21-9-6-19(7-10-21)25-23(16-27-22-12-14-30-15-13-22)29-17-20(8-11-24(29)28-25)18-4-2-1-3-5-18/h2-3,5-6,9-13,18,20,22H,4,7-8,14-17,21H2,1H3;2*2-3,5,8-13,18-19,21H,4,6-7,14-17,20H2,1H3;1-11,17,22,27H,12-16H2. The van der Waals surface area contributed by atoms with Crippen LogP contribution in [0.15, 0.2) is 274 Å². The molecule has 0 radical (unpaired) electrons. The van der Waals surface area contributed by atoms with E-state index in [1.165, 1.54) is 36.5 Å². The lowest BCUT2D eigenvalue weighted by Gasteiger charge is -2.38. The number of halogens is 3. The number of hydrogen-bond acceptors (Lipinski definition) is 16. The van der Waals surface area contributed by atoms with Gasteiger partial charge in [0.2, 0.25) is 17.7 Å². The van der Waals surface area contributed by atoms with E-state index in [0.717, 1.165) is 302 Å². The molecule has 142 heavy (non-hydrogen) atoms. The summed E-state index contributed by atoms with van der Waals surface area (Å²) < 4.78 is 45.2. The van der Waals surface area contributed by atoms with Crippen molar-refractivity contribution in [3.05, 3.63) is 318 Å². The van der Waals surface area contributed by atoms with Crippen molar-refractivity contribution in [2.75, 3.05) is 113 Å². The van der Waals surface area contributed by atoms with E-state index in [2.05, 4.69) is 133 Å². The van der Waals surface area contributed by atoms with Crippen LogP contribution in [0, 0.1) is 34.9 Å². The molecule has 3 amide bonds. The van der Waals surface area contributed by atoms with E-state index < -0.39 is 0 Å². The van der Waals surface area contributed by atoms with Gasteiger partial charge in [-0.2, -0.15) is 5.26 Å². The molecular formula is C116H117Cl2FN16O7. The molecule has 0 unspecified atom stereocenters. The number of piperazine rings is 3. The molecule has 0 atom stereocenters. The second kappa shape index (κ2) is 44.1. The van der Waals surface area contributed by atoms with Gasteiger partial charge in [0.15, 0.2) is 0 Å². The topological polar surface area (TPSA) is 213 Å². The second-order valence-electron chi connectivity index (χ2n) is 37.9. The van der Waals surface area contributed by atoms with Crippen LogP contribution in [-0.4, -0.2) is 204 Å². The van der Waals surface area contributed by atoms with Crippen molar-refractivity contribution in [2.24, 2.45) is 17.8 Å². The van der Waals surface area contributed by atoms with E-state index in [0.29, 0.717) is 48.0 Å². The number of nitriles is 1. The second-order valence-corrected chi connectivity index (χ2v) is 38.7. The summed E-state index contributed by atoms with van der Waals surface area (Å²) in [4.78, 5) is 71.7. The molecule has 23 nitrogen and oxygen atoms in total. The summed E-state index contributed by atoms with van der Waals surface area (Å²) in [5, 5.41) is 14.9. The number of nitrogens with zero attached hydrogens (tertiary/aromatic N) is 15. The third-order valence-electron chi connectivity index (χ3n) is 29.2. The molecule has 724 valence electrons. The number of aromatic nitrogens is 8. The summed E-state index contributed by atoms with van der Waals surface area (Å²) in [6.45, 7) is 14.1. The summed E-state index contributed by atoms with van der Waals surface area (Å²) in [6, 6.07) is 83.9. The molecule has 0 bridgehead atoms. The molecule has 1 N–H and O–H groups in total. The summed E-state index contributed by atoms with van der Waals surface area (Å²) in [6.07, 6.45) is 20.3. The number of nitrogens with one attached hydrogen (secondary N) is 1. The number of hydrogen-bond donors (Lipinski definition) is 1. The van der Waals surface area contributed by atoms with Crippen molar-refractivity contribution in [3.63, 3.8) is 0 Å². The highest BCUT2D eigenvalue weighted by molar-refractivity contribution is 6.33. The molecular weight excluding hydrogens is 1820 g/mol. The van der Waals surface area contributed by atoms with Gasteiger partial charge in [-0.3, -0.25) is 29.1 Å². The molecule has 7 aliphatic rings. The Hall–Kier alpha value is -13.9. The molecule has 7 fully saturated rings. The smallest absolute Gasteiger partial charge is 0.225 e. The lowest BCUT2D eigenvalue weighted by Crippen LogP contribution is -2.50. The maximum Gasteiger partial charge on any atom is 0.225 e. The summed E-state index contributed by atoms with van der Waals surface area (Å²) in [7, 11) is 5.02. The van der Waals surface area contributed by atoms with Crippen LogP contribution in [-0.2, 0) is 45.3 Å². The number of rotatable bonds is 23. The first-order chi connectivity index (χ1) is 69.6. The summed E-state index contributed by atoms with van der Waals surface area (Å²) >= 11 is 12.7. The van der Waals surface area contributed by atoms with Gasteiger partial charge in [-0.25, -0.2) is 24.3 Å². The van der Waals surface area contributed by atoms with Crippen LogP contribution in [0.25, 0.3) is 112 Å². The van der Waals surface area contributed by atoms with E-state index >= 15 is 0 Å². The van der Waals surface area contributed by atoms with E-state index in [4.69, 9.17) is 62.1 Å². The third-order valence-corrected chi connectivity index (χ3v) is 29.7. The van der Waals surface area contributed by atoms with Gasteiger partial charge in [-0.1, -0.05) is 176 Å². The predicted octanol–water partition coefficient (Wildman–Crippen LogP) is 21.6. The lowest BCUT2D eigenvalue weighted by molar-refractivity contribution is -0.140. The monoisotopic (exact) mass is 1930 g/mol. The predicted molar refractivity (Wildman–Crippen MR) is 557 cm³/mol. The molecule has 26 heteroatoms. The number of benzene rings is 8. The van der Waals surface area contributed by atoms with Gasteiger partial charge in [0, 0.05) is 221 Å². The van der Waals surface area contributed by atoms with Gasteiger partial charge in [-0.05, 0) is 189 Å². The summed E-state index contributed by atoms with van der Waals surface area (Å²) in [5.41, 5.74) is 24.1. The Morgan fingerprint density at radius 3 is 1.13 bits per heavy atom. The minimum Gasteiger partial charge on any atom is -0.497 e. The number of pyridine rings is 4. The van der Waals surface area contributed by atoms with Crippen molar-refractivity contribution in [3.8, 4) is 113 Å². The fraction of sp³-hybridized carbons (Fsp3) is 0.310. The fourth-order valence-corrected chi connectivity index (χ4v) is 20.6. The molecule has 4 saturated heterocycles. The molecule has 3 aliphatic carbocycles. The van der Waals surface area contributed by atoms with Crippen LogP contribution in [0.2, 0.25) is 10.0 Å². The van der Waals surface area contributed by atoms with Gasteiger partial charge in [0.05, 0.1) is 78.5 Å². The first-order valence-electron chi connectivity index (χ1n) is 49.8. The van der Waals surface area contributed by atoms with Crippen LogP contribution in [0.3, 0.4) is 0 Å². The van der Waals surface area contributed by atoms with Crippen molar-refractivity contribution in [1.29, 1.82) is 5.26 Å². The molecule has 3 saturated carbocycles. The highest BCUT2D eigenvalue weighted by Gasteiger charge is 2.36. The number of carbonyl (C=O) groups excluding carboxylic acids is 3. The van der Waals surface area contributed by atoms with E-state index in [1.807, 2.05) is 181 Å². The highest BCUT2D eigenvalue weighted by atomic mass is 35.5. The number of imidazole rings is 4. The zero-order valence-corrected chi connectivity index (χ0v) is 82.0. The van der Waals surface area contributed by atoms with E-state index in [-0.39, 0.29) is 23.6 Å². The minimum atomic E-state index is -0.246. The molecule has 23 rings (SSSR count). The minimum absolute atomic E-state index is 0.238. The number of fused-ring (bicyclic) bond motifs is 4. The van der Waals surface area contributed by atoms with Gasteiger partial charge in [-0.15, -0.1) is 0 Å². The van der Waals surface area contributed by atoms with Crippen LogP contribution < -0.4 is 19.5 Å². The van der Waals surface area contributed by atoms with Crippen molar-refractivity contribution in [1.82, 2.24) is 72.3 Å². The zero-order chi connectivity index (χ0) is 97.1. The van der Waals surface area contributed by atoms with Crippen molar-refractivity contribution in [2.45, 2.75) is 103 Å². The average molecular weight is 1940 g/mol. The first-order valence-corrected chi connectivity index (χ1v) is 50.5. The number of methoxy groups -OCH3 is 3. The highest BCUT2D eigenvalue weighted by Crippen LogP contribution is 2.40. The molecule has 12 heterocycles. The Bertz CT molecular complexity index is 7020. The van der Waals surface area contributed by atoms with Gasteiger partial charge < -0.3 is 56.6 Å². The van der Waals surface area contributed by atoms with E-state index in [9.17, 15) is 24.0 Å². The molecule has 8 aromatic carbocycles. The lowest BCUT2D eigenvalue weighted by atomic mass is 9.84. The van der Waals surface area contributed by atoms with Gasteiger partial charge in [0.1, 0.15) is 45.7 Å². The van der Waals surface area contributed by atoms with E-state index in [1.54, 1.807) is 33.5 Å². The maximum atomic E-state index is 14.6. The van der Waals surface area contributed by atoms with Crippen molar-refractivity contribution >= 4 is 63.5 Å². The Balaban J connectivity index is 0.000000116. The molecule has 8 aromatic heterocycles. The molecule has 16 aromatic rings. The van der Waals surface area contributed by atoms with Crippen LogP contribution in [0.5, 0.6) is 17.2 Å². The maximum absolute atomic E-state index is 14.6. The Labute approximate surface area is 837 Å². The van der Waals surface area contributed by atoms with Crippen LogP contribution in [0.1, 0.15) is 99.0 Å². The quantitative estimate of drug-likeness (QED) is 0.0630. The molecule has 4 aliphatic heterocycles. The van der Waals surface area contributed by atoms with Crippen LogP contribution >= 0.6 is 23.2 Å². The SMILES string of the molecule is COc1cccc(-c2nc3ccc(-c4ccccc4C#N)cn3c2CN2CCN(C(=O)C3CCC3)CC2)c1.COc1cccc(-c2nc3ccc(-c4ccccc4Cl)cn3c2CN2CCN(C(=O)C3CCC3)CC2)c1.COc1cccc(-c2nc3ccc(-c4ccccc4F)cn3c2CN2CCN(C(=O)C3CCC3)CC2)c1.Clc1ccc(-c2nc3ccc(-c4ccccc4)cn3c2CNC2CCOCC2)cc1. The number of carbonyl (C=O) groups is 3. The Morgan fingerprint density at radius 2 is 0.725 bits per heavy atom. The van der Waals surface area contributed by atoms with Gasteiger partial charge >= 0.3 is 0 Å². The number of ether oxygens (including phenoxy) is 4. The third kappa shape index (κ3) is 21.4. The Morgan fingerprint density at radius 1 is 0.373 bits per heavy atom. The summed E-state index contributed by atoms with van der Waals surface area (Å²) in [5.74, 6) is 3.87. The number of amides is 3. The normalized spacial score (nSPS) is 16.2. The first kappa shape index (κ1) is 95.7. The molecule has 0 spiro atoms. The largest absolute Gasteiger partial charge is 0.497 e. The van der Waals surface area contributed by atoms with Crippen LogP contribution in [0.4, 0.5) is 4.39 Å². The average Bonchev–Trinajstić information content (AvgIpc) is 1.61. The fourth-order valence-electron chi connectivity index (χ4n) is 20.2.